The van der Waals surface area contributed by atoms with Gasteiger partial charge in [0.05, 0.1) is 16.7 Å². The average Bonchev–Trinajstić information content (AvgIpc) is 3.00. The van der Waals surface area contributed by atoms with Gasteiger partial charge in [-0.05, 0) is 46.6 Å². The van der Waals surface area contributed by atoms with Crippen LogP contribution in [0.2, 0.25) is 0 Å². The van der Waals surface area contributed by atoms with E-state index in [9.17, 15) is 24.6 Å². The van der Waals surface area contributed by atoms with Crippen LogP contribution in [0.4, 0.5) is 0 Å². The first-order valence-electron chi connectivity index (χ1n) is 7.14. The summed E-state index contributed by atoms with van der Waals surface area (Å²) in [5.74, 6) is -5.53. The van der Waals surface area contributed by atoms with Crippen LogP contribution in [0.3, 0.4) is 0 Å². The monoisotopic (exact) mass is 404 g/mol. The number of phenolic OH excluding ortho intramolecular Hbond substituents is 1. The fourth-order valence-corrected chi connectivity index (χ4v) is 3.72. The standard InChI is InChI=1S/C17H9BrO7/c1-6-5-8(19)11-12(13(6)18)17(25-16(11)23)14(20)10-7(15(21)22)3-2-4-9(10)24-17/h2-5,19H,1H3,(H,21,22). The van der Waals surface area contributed by atoms with E-state index in [-0.39, 0.29) is 33.8 Å². The molecule has 0 radical (unpaired) electrons. The van der Waals surface area contributed by atoms with Crippen LogP contribution in [0.5, 0.6) is 11.5 Å². The molecule has 0 saturated carbocycles. The van der Waals surface area contributed by atoms with Crippen LogP contribution >= 0.6 is 15.9 Å². The summed E-state index contributed by atoms with van der Waals surface area (Å²) in [5.41, 5.74) is -0.0248. The van der Waals surface area contributed by atoms with Crippen LogP contribution in [0.15, 0.2) is 28.7 Å². The molecule has 2 aliphatic heterocycles. The normalized spacial score (nSPS) is 20.2. The molecule has 0 aliphatic carbocycles. The lowest BCUT2D eigenvalue weighted by Crippen LogP contribution is -2.38. The molecule has 0 bridgehead atoms. The number of hydrogen-bond donors (Lipinski definition) is 2. The lowest BCUT2D eigenvalue weighted by Gasteiger charge is -2.22. The number of carboxylic acid groups (broad SMARTS) is 1. The second kappa shape index (κ2) is 4.82. The van der Waals surface area contributed by atoms with Crippen molar-refractivity contribution in [2.24, 2.45) is 0 Å². The van der Waals surface area contributed by atoms with Crippen molar-refractivity contribution in [1.29, 1.82) is 0 Å². The third-order valence-corrected chi connectivity index (χ3v) is 5.25. The van der Waals surface area contributed by atoms with Gasteiger partial charge in [-0.3, -0.25) is 4.79 Å². The number of Topliss-reactive ketones (excluding diaryl/α,β-unsaturated/α-hetero) is 1. The Morgan fingerprint density at radius 1 is 1.20 bits per heavy atom. The number of rotatable bonds is 1. The maximum Gasteiger partial charge on any atom is 0.348 e. The van der Waals surface area contributed by atoms with Crippen molar-refractivity contribution in [3.05, 3.63) is 56.6 Å². The van der Waals surface area contributed by atoms with Crippen LogP contribution in [0, 0.1) is 6.92 Å². The minimum atomic E-state index is -2.15. The molecule has 8 heteroatoms. The Kier molecular flexibility index (Phi) is 3.02. The Bertz CT molecular complexity index is 1010. The lowest BCUT2D eigenvalue weighted by atomic mass is 9.93. The highest BCUT2D eigenvalue weighted by atomic mass is 79.9. The first kappa shape index (κ1) is 15.6. The summed E-state index contributed by atoms with van der Waals surface area (Å²) >= 11 is 3.31. The number of ketones is 1. The van der Waals surface area contributed by atoms with E-state index < -0.39 is 23.5 Å². The Balaban J connectivity index is 2.03. The third-order valence-electron chi connectivity index (χ3n) is 4.23. The third kappa shape index (κ3) is 1.82. The topological polar surface area (TPSA) is 110 Å². The number of halogens is 1. The van der Waals surface area contributed by atoms with Crippen LogP contribution in [0.25, 0.3) is 0 Å². The Labute approximate surface area is 148 Å². The molecule has 7 nitrogen and oxygen atoms in total. The largest absolute Gasteiger partial charge is 0.507 e. The van der Waals surface area contributed by atoms with E-state index in [2.05, 4.69) is 15.9 Å². The molecule has 1 spiro atoms. The first-order chi connectivity index (χ1) is 11.8. The molecule has 2 N–H and O–H groups in total. The van der Waals surface area contributed by atoms with Crippen molar-refractivity contribution in [2.45, 2.75) is 12.7 Å². The number of ether oxygens (including phenoxy) is 2. The zero-order chi connectivity index (χ0) is 18.1. The van der Waals surface area contributed by atoms with Crippen molar-refractivity contribution < 1.29 is 34.1 Å². The van der Waals surface area contributed by atoms with Crippen molar-refractivity contribution in [3.63, 3.8) is 0 Å². The summed E-state index contributed by atoms with van der Waals surface area (Å²) in [6.45, 7) is 1.66. The van der Waals surface area contributed by atoms with Crippen molar-refractivity contribution >= 4 is 33.7 Å². The summed E-state index contributed by atoms with van der Waals surface area (Å²) in [6.07, 6.45) is 0. The Morgan fingerprint density at radius 3 is 2.60 bits per heavy atom. The van der Waals surface area contributed by atoms with Crippen molar-refractivity contribution in [1.82, 2.24) is 0 Å². The number of aromatic carboxylic acids is 1. The molecule has 126 valence electrons. The zero-order valence-electron chi connectivity index (χ0n) is 12.6. The maximum absolute atomic E-state index is 13.1. The number of fused-ring (bicyclic) bond motifs is 3. The Morgan fingerprint density at radius 2 is 1.92 bits per heavy atom. The van der Waals surface area contributed by atoms with Gasteiger partial charge in [0.15, 0.2) is 0 Å². The molecule has 2 aromatic rings. The molecular weight excluding hydrogens is 396 g/mol. The molecule has 0 amide bonds. The molecule has 25 heavy (non-hydrogen) atoms. The van der Waals surface area contributed by atoms with E-state index in [1.807, 2.05) is 0 Å². The SMILES string of the molecule is Cc1cc(O)c2c(c1Br)C1(OC2=O)Oc2cccc(C(=O)O)c2C1=O. The molecule has 2 heterocycles. The number of carbonyl (C=O) groups is 3. The highest BCUT2D eigenvalue weighted by Crippen LogP contribution is 2.52. The number of benzene rings is 2. The fraction of sp³-hybridized carbons (Fsp3) is 0.118. The molecule has 0 saturated heterocycles. The van der Waals surface area contributed by atoms with Gasteiger partial charge >= 0.3 is 17.7 Å². The number of aryl methyl sites for hydroxylation is 1. The number of aromatic hydroxyl groups is 1. The van der Waals surface area contributed by atoms with Gasteiger partial charge in [-0.1, -0.05) is 6.07 Å². The van der Waals surface area contributed by atoms with Gasteiger partial charge in [0.25, 0.3) is 5.78 Å². The van der Waals surface area contributed by atoms with Gasteiger partial charge in [-0.2, -0.15) is 0 Å². The van der Waals surface area contributed by atoms with E-state index in [1.165, 1.54) is 24.3 Å². The fourth-order valence-electron chi connectivity index (χ4n) is 3.15. The molecular formula is C17H9BrO7. The summed E-state index contributed by atoms with van der Waals surface area (Å²) < 4.78 is 11.2. The highest BCUT2D eigenvalue weighted by Gasteiger charge is 2.62. The highest BCUT2D eigenvalue weighted by molar-refractivity contribution is 9.10. The second-order valence-corrected chi connectivity index (χ2v) is 6.49. The zero-order valence-corrected chi connectivity index (χ0v) is 14.2. The Hall–Kier alpha value is -2.87. The minimum Gasteiger partial charge on any atom is -0.507 e. The second-order valence-electron chi connectivity index (χ2n) is 5.70. The van der Waals surface area contributed by atoms with Gasteiger partial charge < -0.3 is 19.7 Å². The van der Waals surface area contributed by atoms with Crippen LogP contribution < -0.4 is 4.74 Å². The average molecular weight is 405 g/mol. The number of carbonyl (C=O) groups excluding carboxylic acids is 2. The van der Waals surface area contributed by atoms with Gasteiger partial charge in [0.2, 0.25) is 0 Å². The number of esters is 1. The minimum absolute atomic E-state index is 0.00144. The van der Waals surface area contributed by atoms with E-state index in [0.717, 1.165) is 0 Å². The van der Waals surface area contributed by atoms with Crippen molar-refractivity contribution in [3.8, 4) is 11.5 Å². The summed E-state index contributed by atoms with van der Waals surface area (Å²) in [4.78, 5) is 36.8. The van der Waals surface area contributed by atoms with Gasteiger partial charge in [-0.25, -0.2) is 9.59 Å². The summed E-state index contributed by atoms with van der Waals surface area (Å²) in [6, 6.07) is 5.47. The quantitative estimate of drug-likeness (QED) is 0.702. The van der Waals surface area contributed by atoms with Gasteiger partial charge in [0.1, 0.15) is 17.1 Å². The van der Waals surface area contributed by atoms with Crippen LogP contribution in [-0.4, -0.2) is 27.9 Å². The predicted molar refractivity (Wildman–Crippen MR) is 86.0 cm³/mol. The van der Waals surface area contributed by atoms with Gasteiger partial charge in [-0.15, -0.1) is 0 Å². The van der Waals surface area contributed by atoms with Crippen molar-refractivity contribution in [2.75, 3.05) is 0 Å². The molecule has 1 unspecified atom stereocenters. The first-order valence-corrected chi connectivity index (χ1v) is 7.93. The number of hydrogen-bond acceptors (Lipinski definition) is 6. The molecule has 0 aromatic heterocycles. The molecule has 2 aliphatic rings. The van der Waals surface area contributed by atoms with E-state index in [1.54, 1.807) is 6.92 Å². The summed E-state index contributed by atoms with van der Waals surface area (Å²) in [5, 5.41) is 19.4. The molecule has 0 fully saturated rings. The lowest BCUT2D eigenvalue weighted by molar-refractivity contribution is -0.0982. The molecule has 1 atom stereocenters. The summed E-state index contributed by atoms with van der Waals surface area (Å²) in [7, 11) is 0. The van der Waals surface area contributed by atoms with Crippen LogP contribution in [0.1, 0.15) is 42.2 Å². The van der Waals surface area contributed by atoms with E-state index >= 15 is 0 Å². The smallest absolute Gasteiger partial charge is 0.348 e. The van der Waals surface area contributed by atoms with Gasteiger partial charge in [0, 0.05) is 4.47 Å². The molecule has 4 rings (SSSR count). The van der Waals surface area contributed by atoms with E-state index in [0.29, 0.717) is 10.0 Å². The predicted octanol–water partition coefficient (Wildman–Crippen LogP) is 2.76. The molecule has 2 aromatic carbocycles. The number of phenols is 1. The van der Waals surface area contributed by atoms with E-state index in [4.69, 9.17) is 9.47 Å². The van der Waals surface area contributed by atoms with Crippen LogP contribution in [-0.2, 0) is 10.5 Å². The number of carboxylic acids is 1. The maximum atomic E-state index is 13.1.